The van der Waals surface area contributed by atoms with Crippen LogP contribution in [0, 0.1) is 6.92 Å². The molecule has 21 heavy (non-hydrogen) atoms. The van der Waals surface area contributed by atoms with E-state index in [1.165, 1.54) is 10.5 Å². The van der Waals surface area contributed by atoms with Crippen LogP contribution in [-0.4, -0.2) is 17.3 Å². The third-order valence-corrected chi connectivity index (χ3v) is 3.82. The van der Waals surface area contributed by atoms with Crippen molar-refractivity contribution in [3.8, 4) is 11.6 Å². The van der Waals surface area contributed by atoms with Gasteiger partial charge in [-0.25, -0.2) is 4.98 Å². The lowest BCUT2D eigenvalue weighted by molar-refractivity contribution is 0.457. The van der Waals surface area contributed by atoms with Gasteiger partial charge < -0.3 is 10.1 Å². The number of aryl methyl sites for hydroxylation is 1. The monoisotopic (exact) mass is 302 g/mol. The van der Waals surface area contributed by atoms with Gasteiger partial charge in [0.1, 0.15) is 5.75 Å². The van der Waals surface area contributed by atoms with E-state index < -0.39 is 0 Å². The van der Waals surface area contributed by atoms with E-state index in [1.54, 1.807) is 11.8 Å². The molecule has 1 N–H and O–H groups in total. The molecule has 0 aliphatic rings. The molecule has 0 amide bonds. The van der Waals surface area contributed by atoms with Gasteiger partial charge in [-0.2, -0.15) is 0 Å². The molecule has 1 heterocycles. The predicted molar refractivity (Wildman–Crippen MR) is 89.2 cm³/mol. The van der Waals surface area contributed by atoms with Gasteiger partial charge >= 0.3 is 0 Å². The molecule has 3 nitrogen and oxygen atoms in total. The Morgan fingerprint density at radius 2 is 1.95 bits per heavy atom. The lowest BCUT2D eigenvalue weighted by Crippen LogP contribution is -2.21. The standard InChI is InChI=1S/C17H22N2OS/c1-12(2)18-10-14-9-13(3)17(19-11-14)20-15-5-7-16(21-4)8-6-15/h5-9,11-12,18H,10H2,1-4H3. The van der Waals surface area contributed by atoms with Crippen LogP contribution in [0.3, 0.4) is 0 Å². The van der Waals surface area contributed by atoms with Crippen molar-refractivity contribution in [1.29, 1.82) is 0 Å². The second kappa shape index (κ2) is 7.48. The minimum absolute atomic E-state index is 0.469. The van der Waals surface area contributed by atoms with E-state index in [1.807, 2.05) is 25.3 Å². The number of hydrogen-bond acceptors (Lipinski definition) is 4. The van der Waals surface area contributed by atoms with Crippen molar-refractivity contribution < 1.29 is 4.74 Å². The highest BCUT2D eigenvalue weighted by molar-refractivity contribution is 7.98. The van der Waals surface area contributed by atoms with Crippen LogP contribution in [0.2, 0.25) is 0 Å². The van der Waals surface area contributed by atoms with Crippen molar-refractivity contribution >= 4 is 11.8 Å². The Bertz CT molecular complexity index is 582. The molecule has 1 aromatic heterocycles. The molecule has 4 heteroatoms. The lowest BCUT2D eigenvalue weighted by Gasteiger charge is -2.11. The molecule has 0 atom stereocenters. The Morgan fingerprint density at radius 3 is 2.52 bits per heavy atom. The fourth-order valence-corrected chi connectivity index (χ4v) is 2.31. The molecular formula is C17H22N2OS. The van der Waals surface area contributed by atoms with Gasteiger partial charge in [-0.3, -0.25) is 0 Å². The average molecular weight is 302 g/mol. The molecule has 0 unspecified atom stereocenters. The number of aromatic nitrogens is 1. The third-order valence-electron chi connectivity index (χ3n) is 3.08. The minimum atomic E-state index is 0.469. The molecule has 0 bridgehead atoms. The number of rotatable bonds is 6. The third kappa shape index (κ3) is 4.76. The van der Waals surface area contributed by atoms with E-state index in [9.17, 15) is 0 Å². The van der Waals surface area contributed by atoms with E-state index >= 15 is 0 Å². The van der Waals surface area contributed by atoms with Crippen LogP contribution in [0.15, 0.2) is 41.4 Å². The smallest absolute Gasteiger partial charge is 0.222 e. The second-order valence-corrected chi connectivity index (χ2v) is 6.16. The number of thioether (sulfide) groups is 1. The van der Waals surface area contributed by atoms with Crippen molar-refractivity contribution in [2.75, 3.05) is 6.26 Å². The second-order valence-electron chi connectivity index (χ2n) is 5.28. The molecule has 0 saturated carbocycles. The first-order valence-corrected chi connectivity index (χ1v) is 8.32. The van der Waals surface area contributed by atoms with E-state index in [2.05, 4.69) is 48.6 Å². The molecule has 1 aromatic carbocycles. The van der Waals surface area contributed by atoms with Crippen LogP contribution in [0.25, 0.3) is 0 Å². The Hall–Kier alpha value is -1.52. The zero-order valence-corrected chi connectivity index (χ0v) is 13.8. The van der Waals surface area contributed by atoms with Crippen LogP contribution >= 0.6 is 11.8 Å². The number of ether oxygens (including phenoxy) is 1. The van der Waals surface area contributed by atoms with Gasteiger partial charge in [0.15, 0.2) is 0 Å². The summed E-state index contributed by atoms with van der Waals surface area (Å²) in [4.78, 5) is 5.65. The summed E-state index contributed by atoms with van der Waals surface area (Å²) in [5.74, 6) is 1.48. The highest BCUT2D eigenvalue weighted by Crippen LogP contribution is 2.25. The fraction of sp³-hybridized carbons (Fsp3) is 0.353. The molecule has 0 saturated heterocycles. The summed E-state index contributed by atoms with van der Waals surface area (Å²) in [5, 5.41) is 3.39. The molecule has 2 aromatic rings. The Morgan fingerprint density at radius 1 is 1.24 bits per heavy atom. The van der Waals surface area contributed by atoms with Crippen LogP contribution in [0.1, 0.15) is 25.0 Å². The van der Waals surface area contributed by atoms with Gasteiger partial charge in [-0.05, 0) is 49.1 Å². The van der Waals surface area contributed by atoms with Crippen molar-refractivity contribution in [1.82, 2.24) is 10.3 Å². The van der Waals surface area contributed by atoms with Crippen LogP contribution in [-0.2, 0) is 6.54 Å². The van der Waals surface area contributed by atoms with Gasteiger partial charge in [0.05, 0.1) is 0 Å². The van der Waals surface area contributed by atoms with E-state index in [4.69, 9.17) is 4.74 Å². The highest BCUT2D eigenvalue weighted by atomic mass is 32.2. The first kappa shape index (κ1) is 15.9. The number of hydrogen-bond donors (Lipinski definition) is 1. The maximum absolute atomic E-state index is 5.85. The Balaban J connectivity index is 2.06. The van der Waals surface area contributed by atoms with Crippen molar-refractivity contribution in [2.45, 2.75) is 38.3 Å². The Labute approximate surface area is 131 Å². The van der Waals surface area contributed by atoms with Gasteiger partial charge in [-0.1, -0.05) is 13.8 Å². The zero-order chi connectivity index (χ0) is 15.2. The summed E-state index contributed by atoms with van der Waals surface area (Å²) >= 11 is 1.72. The summed E-state index contributed by atoms with van der Waals surface area (Å²) in [5.41, 5.74) is 2.22. The topological polar surface area (TPSA) is 34.1 Å². The van der Waals surface area contributed by atoms with E-state index in [0.29, 0.717) is 11.9 Å². The van der Waals surface area contributed by atoms with Gasteiger partial charge in [0, 0.05) is 29.2 Å². The molecule has 2 rings (SSSR count). The average Bonchev–Trinajstić information content (AvgIpc) is 2.48. The molecule has 0 aliphatic carbocycles. The molecule has 0 aliphatic heterocycles. The lowest BCUT2D eigenvalue weighted by atomic mass is 10.2. The fourth-order valence-electron chi connectivity index (χ4n) is 1.90. The van der Waals surface area contributed by atoms with Crippen molar-refractivity contribution in [2.24, 2.45) is 0 Å². The molecular weight excluding hydrogens is 280 g/mol. The maximum atomic E-state index is 5.85. The number of nitrogens with zero attached hydrogens (tertiary/aromatic N) is 1. The molecule has 0 radical (unpaired) electrons. The normalized spacial score (nSPS) is 10.9. The predicted octanol–water partition coefficient (Wildman–Crippen LogP) is 4.40. The first-order valence-electron chi connectivity index (χ1n) is 7.09. The van der Waals surface area contributed by atoms with Crippen LogP contribution in [0.5, 0.6) is 11.6 Å². The van der Waals surface area contributed by atoms with Crippen molar-refractivity contribution in [3.63, 3.8) is 0 Å². The summed E-state index contributed by atoms with van der Waals surface area (Å²) in [6, 6.07) is 10.6. The zero-order valence-electron chi connectivity index (χ0n) is 13.0. The molecule has 0 spiro atoms. The van der Waals surface area contributed by atoms with Crippen LogP contribution < -0.4 is 10.1 Å². The molecule has 0 fully saturated rings. The van der Waals surface area contributed by atoms with Crippen molar-refractivity contribution in [3.05, 3.63) is 47.7 Å². The highest BCUT2D eigenvalue weighted by Gasteiger charge is 2.05. The first-order chi connectivity index (χ1) is 10.1. The largest absolute Gasteiger partial charge is 0.439 e. The number of pyridine rings is 1. The minimum Gasteiger partial charge on any atom is -0.439 e. The van der Waals surface area contributed by atoms with Crippen LogP contribution in [0.4, 0.5) is 0 Å². The van der Waals surface area contributed by atoms with E-state index in [0.717, 1.165) is 17.9 Å². The Kier molecular flexibility index (Phi) is 5.65. The maximum Gasteiger partial charge on any atom is 0.222 e. The summed E-state index contributed by atoms with van der Waals surface area (Å²) < 4.78 is 5.85. The SMILES string of the molecule is CSc1ccc(Oc2ncc(CNC(C)C)cc2C)cc1. The summed E-state index contributed by atoms with van der Waals surface area (Å²) in [7, 11) is 0. The summed E-state index contributed by atoms with van der Waals surface area (Å²) in [6.45, 7) is 7.12. The van der Waals surface area contributed by atoms with E-state index in [-0.39, 0.29) is 0 Å². The quantitative estimate of drug-likeness (QED) is 0.802. The van der Waals surface area contributed by atoms with Gasteiger partial charge in [0.2, 0.25) is 5.88 Å². The molecule has 112 valence electrons. The number of benzene rings is 1. The summed E-state index contributed by atoms with van der Waals surface area (Å²) in [6.07, 6.45) is 3.93. The van der Waals surface area contributed by atoms with Gasteiger partial charge in [-0.15, -0.1) is 11.8 Å². The number of nitrogens with one attached hydrogen (secondary N) is 1. The van der Waals surface area contributed by atoms with Gasteiger partial charge in [0.25, 0.3) is 0 Å².